The van der Waals surface area contributed by atoms with Crippen molar-refractivity contribution < 1.29 is 4.79 Å². The number of rotatable bonds is 4. The Labute approximate surface area is 149 Å². The van der Waals surface area contributed by atoms with Gasteiger partial charge in [-0.1, -0.05) is 33.6 Å². The Hall–Kier alpha value is -2.18. The molecule has 1 atom stereocenters. The molecule has 0 aliphatic carbocycles. The van der Waals surface area contributed by atoms with Crippen LogP contribution in [-0.4, -0.2) is 28.5 Å². The topological polar surface area (TPSA) is 59.0 Å². The number of likely N-dealkylation sites (N-methyl/N-ethyl adjacent to an activating group) is 1. The molecule has 2 aromatic carbocycles. The lowest BCUT2D eigenvalue weighted by atomic mass is 10.2. The highest BCUT2D eigenvalue weighted by atomic mass is 79.9. The Bertz CT molecular complexity index is 886. The lowest BCUT2D eigenvalue weighted by molar-refractivity contribution is -0.117. The average molecular weight is 387 g/mol. The number of fused-ring (bicyclic) bond motifs is 1. The second kappa shape index (κ2) is 6.75. The third kappa shape index (κ3) is 3.20. The zero-order valence-electron chi connectivity index (χ0n) is 13.8. The Balaban J connectivity index is 2.14. The number of nitrogens with one attached hydrogen (secondary N) is 2. The number of hydrogen-bond donors (Lipinski definition) is 2. The second-order valence-corrected chi connectivity index (χ2v) is 6.65. The van der Waals surface area contributed by atoms with E-state index in [1.807, 2.05) is 60.9 Å². The van der Waals surface area contributed by atoms with E-state index in [1.165, 1.54) is 5.56 Å². The van der Waals surface area contributed by atoms with Crippen molar-refractivity contribution in [1.29, 1.82) is 0 Å². The van der Waals surface area contributed by atoms with Gasteiger partial charge in [-0.3, -0.25) is 14.7 Å². The van der Waals surface area contributed by atoms with Crippen LogP contribution in [0.3, 0.4) is 0 Å². The van der Waals surface area contributed by atoms with E-state index in [0.717, 1.165) is 21.2 Å². The molecule has 3 rings (SSSR count). The molecule has 0 fully saturated rings. The molecule has 0 aliphatic heterocycles. The third-order valence-electron chi connectivity index (χ3n) is 3.97. The number of amides is 1. The summed E-state index contributed by atoms with van der Waals surface area (Å²) < 4.78 is 2.91. The number of aryl methyl sites for hydroxylation is 1. The summed E-state index contributed by atoms with van der Waals surface area (Å²) in [7, 11) is 1.75. The van der Waals surface area contributed by atoms with E-state index < -0.39 is 0 Å². The maximum Gasteiger partial charge on any atom is 0.243 e. The second-order valence-electron chi connectivity index (χ2n) is 5.74. The van der Waals surface area contributed by atoms with Gasteiger partial charge >= 0.3 is 0 Å². The standard InChI is InChI=1S/C18H19BrN4O/c1-11-4-7-14(8-5-11)23-16-9-6-13(19)10-15(16)21-18(23)22-17(24)12(2)20-3/h4-10,12,20H,1-3H3,(H,21,22,24). The molecule has 0 bridgehead atoms. The zero-order valence-corrected chi connectivity index (χ0v) is 15.4. The molecule has 0 saturated carbocycles. The number of nitrogens with zero attached hydrogens (tertiary/aromatic N) is 2. The Kier molecular flexibility index (Phi) is 4.69. The number of carbonyl (C=O) groups is 1. The van der Waals surface area contributed by atoms with Crippen molar-refractivity contribution in [2.45, 2.75) is 19.9 Å². The fourth-order valence-corrected chi connectivity index (χ4v) is 2.79. The van der Waals surface area contributed by atoms with Crippen molar-refractivity contribution in [3.05, 3.63) is 52.5 Å². The van der Waals surface area contributed by atoms with E-state index in [2.05, 4.69) is 31.5 Å². The van der Waals surface area contributed by atoms with Gasteiger partial charge in [0.05, 0.1) is 17.1 Å². The van der Waals surface area contributed by atoms with Crippen LogP contribution in [-0.2, 0) is 4.79 Å². The van der Waals surface area contributed by atoms with Crippen LogP contribution in [0.25, 0.3) is 16.7 Å². The Morgan fingerprint density at radius 3 is 2.58 bits per heavy atom. The van der Waals surface area contributed by atoms with E-state index in [1.54, 1.807) is 7.05 Å². The van der Waals surface area contributed by atoms with Crippen LogP contribution in [0.2, 0.25) is 0 Å². The molecular formula is C18H19BrN4O. The van der Waals surface area contributed by atoms with E-state index in [-0.39, 0.29) is 11.9 Å². The fourth-order valence-electron chi connectivity index (χ4n) is 2.44. The first-order valence-corrected chi connectivity index (χ1v) is 8.52. The number of benzene rings is 2. The first-order valence-electron chi connectivity index (χ1n) is 7.73. The van der Waals surface area contributed by atoms with Gasteiger partial charge < -0.3 is 5.32 Å². The number of aromatic nitrogens is 2. The predicted octanol–water partition coefficient (Wildman–Crippen LogP) is 3.64. The predicted molar refractivity (Wildman–Crippen MR) is 101 cm³/mol. The quantitative estimate of drug-likeness (QED) is 0.719. The monoisotopic (exact) mass is 386 g/mol. The maximum absolute atomic E-state index is 12.3. The van der Waals surface area contributed by atoms with Crippen molar-refractivity contribution in [1.82, 2.24) is 14.9 Å². The fraction of sp³-hybridized carbons (Fsp3) is 0.222. The number of hydrogen-bond acceptors (Lipinski definition) is 3. The van der Waals surface area contributed by atoms with Gasteiger partial charge in [-0.25, -0.2) is 4.98 Å². The van der Waals surface area contributed by atoms with Crippen LogP contribution in [0.15, 0.2) is 46.9 Å². The molecule has 5 nitrogen and oxygen atoms in total. The van der Waals surface area contributed by atoms with Gasteiger partial charge in [0.25, 0.3) is 0 Å². The van der Waals surface area contributed by atoms with Gasteiger partial charge in [0.15, 0.2) is 0 Å². The first kappa shape index (κ1) is 16.7. The third-order valence-corrected chi connectivity index (χ3v) is 4.46. The number of imidazole rings is 1. The van der Waals surface area contributed by atoms with Crippen molar-refractivity contribution in [3.8, 4) is 5.69 Å². The largest absolute Gasteiger partial charge is 0.309 e. The maximum atomic E-state index is 12.3. The zero-order chi connectivity index (χ0) is 17.3. The summed E-state index contributed by atoms with van der Waals surface area (Å²) in [6, 6.07) is 13.7. The lowest BCUT2D eigenvalue weighted by Gasteiger charge is -2.13. The van der Waals surface area contributed by atoms with E-state index in [4.69, 9.17) is 0 Å². The molecule has 0 radical (unpaired) electrons. The lowest BCUT2D eigenvalue weighted by Crippen LogP contribution is -2.36. The van der Waals surface area contributed by atoms with Gasteiger partial charge in [-0.2, -0.15) is 0 Å². The molecule has 3 aromatic rings. The summed E-state index contributed by atoms with van der Waals surface area (Å²) in [6.45, 7) is 3.86. The number of carbonyl (C=O) groups excluding carboxylic acids is 1. The summed E-state index contributed by atoms with van der Waals surface area (Å²) in [5.41, 5.74) is 3.89. The van der Waals surface area contributed by atoms with Crippen LogP contribution in [0.1, 0.15) is 12.5 Å². The van der Waals surface area contributed by atoms with Gasteiger partial charge in [-0.05, 0) is 51.2 Å². The van der Waals surface area contributed by atoms with Crippen molar-refractivity contribution in [2.24, 2.45) is 0 Å². The van der Waals surface area contributed by atoms with Crippen LogP contribution in [0.4, 0.5) is 5.95 Å². The average Bonchev–Trinajstić information content (AvgIpc) is 2.91. The molecule has 0 saturated heterocycles. The molecule has 1 heterocycles. The van der Waals surface area contributed by atoms with Gasteiger partial charge in [-0.15, -0.1) is 0 Å². The van der Waals surface area contributed by atoms with E-state index >= 15 is 0 Å². The summed E-state index contributed by atoms with van der Waals surface area (Å²) in [4.78, 5) is 16.9. The van der Waals surface area contributed by atoms with Crippen molar-refractivity contribution in [2.75, 3.05) is 12.4 Å². The van der Waals surface area contributed by atoms with Crippen LogP contribution >= 0.6 is 15.9 Å². The number of halogens is 1. The minimum Gasteiger partial charge on any atom is -0.309 e. The summed E-state index contributed by atoms with van der Waals surface area (Å²) >= 11 is 3.47. The minimum atomic E-state index is -0.303. The van der Waals surface area contributed by atoms with Crippen molar-refractivity contribution in [3.63, 3.8) is 0 Å². The van der Waals surface area contributed by atoms with Crippen molar-refractivity contribution >= 4 is 38.8 Å². The molecule has 2 N–H and O–H groups in total. The SMILES string of the molecule is CNC(C)C(=O)Nc1nc2cc(Br)ccc2n1-c1ccc(C)cc1. The van der Waals surface area contributed by atoms with Gasteiger partial charge in [0, 0.05) is 10.2 Å². The first-order chi connectivity index (χ1) is 11.5. The highest BCUT2D eigenvalue weighted by Crippen LogP contribution is 2.27. The molecule has 1 aromatic heterocycles. The smallest absolute Gasteiger partial charge is 0.243 e. The molecule has 124 valence electrons. The normalized spacial score (nSPS) is 12.3. The molecule has 0 aliphatic rings. The van der Waals surface area contributed by atoms with E-state index in [9.17, 15) is 4.79 Å². The van der Waals surface area contributed by atoms with E-state index in [0.29, 0.717) is 5.95 Å². The van der Waals surface area contributed by atoms with Crippen LogP contribution in [0.5, 0.6) is 0 Å². The molecule has 1 amide bonds. The summed E-state index contributed by atoms with van der Waals surface area (Å²) in [5.74, 6) is 0.388. The van der Waals surface area contributed by atoms with Crippen LogP contribution < -0.4 is 10.6 Å². The highest BCUT2D eigenvalue weighted by Gasteiger charge is 2.17. The molecule has 6 heteroatoms. The number of anilines is 1. The Morgan fingerprint density at radius 1 is 1.21 bits per heavy atom. The molecule has 24 heavy (non-hydrogen) atoms. The minimum absolute atomic E-state index is 0.125. The van der Waals surface area contributed by atoms with Gasteiger partial charge in [0.1, 0.15) is 0 Å². The molecular weight excluding hydrogens is 368 g/mol. The highest BCUT2D eigenvalue weighted by molar-refractivity contribution is 9.10. The summed E-state index contributed by atoms with van der Waals surface area (Å²) in [5, 5.41) is 5.86. The molecule has 1 unspecified atom stereocenters. The Morgan fingerprint density at radius 2 is 1.92 bits per heavy atom. The molecule has 0 spiro atoms. The van der Waals surface area contributed by atoms with Gasteiger partial charge in [0.2, 0.25) is 11.9 Å². The van der Waals surface area contributed by atoms with Crippen LogP contribution in [0, 0.1) is 6.92 Å². The summed E-state index contributed by atoms with van der Waals surface area (Å²) in [6.07, 6.45) is 0.